The van der Waals surface area contributed by atoms with E-state index in [9.17, 15) is 4.79 Å². The zero-order valence-corrected chi connectivity index (χ0v) is 8.93. The van der Waals surface area contributed by atoms with Gasteiger partial charge in [-0.15, -0.1) is 0 Å². The predicted molar refractivity (Wildman–Crippen MR) is 56.7 cm³/mol. The number of thiazole rings is 1. The molecule has 1 heterocycles. The van der Waals surface area contributed by atoms with Crippen LogP contribution < -0.4 is 5.32 Å². The highest BCUT2D eigenvalue weighted by atomic mass is 32.1. The van der Waals surface area contributed by atoms with Crippen molar-refractivity contribution in [1.82, 2.24) is 4.98 Å². The van der Waals surface area contributed by atoms with E-state index in [0.29, 0.717) is 11.6 Å². The summed E-state index contributed by atoms with van der Waals surface area (Å²) in [5.41, 5.74) is 0. The first-order valence-corrected chi connectivity index (χ1v) is 4.98. The molecule has 0 saturated heterocycles. The Labute approximate surface area is 91.1 Å². The van der Waals surface area contributed by atoms with Gasteiger partial charge in [-0.05, 0) is 0 Å². The van der Waals surface area contributed by atoms with E-state index in [4.69, 9.17) is 5.11 Å². The molecule has 0 unspecified atom stereocenters. The number of anilines is 1. The average molecular weight is 226 g/mol. The maximum Gasteiger partial charge on any atom is 0.413 e. The Morgan fingerprint density at radius 1 is 1.80 bits per heavy atom. The van der Waals surface area contributed by atoms with E-state index >= 15 is 0 Å². The number of carbonyl (C=O) groups excluding carboxylic acids is 1. The standard InChI is InChI=1S/C9H10N2O3S/c1-14-9(13)11-8-10-6-7(15-8)4-2-3-5-12/h6,12H,3,5H2,1H3,(H,10,11,13). The van der Waals surface area contributed by atoms with Crippen molar-refractivity contribution in [1.29, 1.82) is 0 Å². The molecule has 80 valence electrons. The lowest BCUT2D eigenvalue weighted by Crippen LogP contribution is -2.10. The lowest BCUT2D eigenvalue weighted by molar-refractivity contribution is 0.187. The van der Waals surface area contributed by atoms with Gasteiger partial charge in [0.05, 0.1) is 24.8 Å². The van der Waals surface area contributed by atoms with Crippen molar-refractivity contribution in [3.8, 4) is 11.8 Å². The molecule has 1 aromatic heterocycles. The Kier molecular flexibility index (Phi) is 4.60. The Morgan fingerprint density at radius 3 is 3.27 bits per heavy atom. The van der Waals surface area contributed by atoms with Gasteiger partial charge in [0.25, 0.3) is 0 Å². The molecule has 0 bridgehead atoms. The van der Waals surface area contributed by atoms with Crippen LogP contribution in [0.1, 0.15) is 11.3 Å². The van der Waals surface area contributed by atoms with E-state index in [2.05, 4.69) is 26.9 Å². The summed E-state index contributed by atoms with van der Waals surface area (Å²) in [4.78, 5) is 15.5. The fourth-order valence-corrected chi connectivity index (χ4v) is 1.41. The summed E-state index contributed by atoms with van der Waals surface area (Å²) in [5, 5.41) is 11.4. The number of carbonyl (C=O) groups is 1. The first-order valence-electron chi connectivity index (χ1n) is 4.17. The third kappa shape index (κ3) is 3.97. The number of hydrogen-bond acceptors (Lipinski definition) is 5. The highest BCUT2D eigenvalue weighted by Crippen LogP contribution is 2.16. The molecule has 0 aromatic carbocycles. The number of hydrogen-bond donors (Lipinski definition) is 2. The van der Waals surface area contributed by atoms with E-state index in [-0.39, 0.29) is 6.61 Å². The molecular weight excluding hydrogens is 216 g/mol. The van der Waals surface area contributed by atoms with Gasteiger partial charge >= 0.3 is 6.09 Å². The quantitative estimate of drug-likeness (QED) is 0.739. The number of ether oxygens (including phenoxy) is 1. The van der Waals surface area contributed by atoms with Crippen LogP contribution in [0.2, 0.25) is 0 Å². The minimum absolute atomic E-state index is 0.0407. The predicted octanol–water partition coefficient (Wildman–Crippen LogP) is 1.06. The monoisotopic (exact) mass is 226 g/mol. The van der Waals surface area contributed by atoms with E-state index in [1.807, 2.05) is 0 Å². The Bertz CT molecular complexity index is 392. The SMILES string of the molecule is COC(=O)Nc1ncc(C#CCCO)s1. The van der Waals surface area contributed by atoms with Crippen molar-refractivity contribution in [2.45, 2.75) is 6.42 Å². The number of amides is 1. The normalized spacial score (nSPS) is 8.93. The van der Waals surface area contributed by atoms with Crippen LogP contribution >= 0.6 is 11.3 Å². The zero-order chi connectivity index (χ0) is 11.1. The van der Waals surface area contributed by atoms with Crippen molar-refractivity contribution >= 4 is 22.6 Å². The molecule has 1 amide bonds. The number of aliphatic hydroxyl groups is 1. The second kappa shape index (κ2) is 6.01. The molecule has 6 heteroatoms. The number of methoxy groups -OCH3 is 1. The minimum atomic E-state index is -0.556. The molecule has 1 aromatic rings. The van der Waals surface area contributed by atoms with E-state index in [0.717, 1.165) is 4.88 Å². The number of rotatable bonds is 2. The highest BCUT2D eigenvalue weighted by Gasteiger charge is 2.04. The van der Waals surface area contributed by atoms with Gasteiger partial charge in [0.2, 0.25) is 0 Å². The third-order valence-corrected chi connectivity index (χ3v) is 2.18. The molecule has 0 radical (unpaired) electrons. The minimum Gasteiger partial charge on any atom is -0.453 e. The smallest absolute Gasteiger partial charge is 0.413 e. The van der Waals surface area contributed by atoms with Gasteiger partial charge < -0.3 is 9.84 Å². The van der Waals surface area contributed by atoms with Crippen LogP contribution in [-0.4, -0.2) is 29.9 Å². The number of aromatic nitrogens is 1. The summed E-state index contributed by atoms with van der Waals surface area (Å²) in [6, 6.07) is 0. The van der Waals surface area contributed by atoms with Gasteiger partial charge in [0.15, 0.2) is 5.13 Å². The second-order valence-electron chi connectivity index (χ2n) is 2.42. The molecule has 0 aliphatic heterocycles. The van der Waals surface area contributed by atoms with Gasteiger partial charge in [-0.25, -0.2) is 9.78 Å². The van der Waals surface area contributed by atoms with Gasteiger partial charge in [-0.3, -0.25) is 5.32 Å². The Balaban J connectivity index is 2.57. The first kappa shape index (κ1) is 11.5. The molecule has 0 atom stereocenters. The molecule has 2 N–H and O–H groups in total. The summed E-state index contributed by atoms with van der Waals surface area (Å²) in [6.45, 7) is 0.0407. The Hall–Kier alpha value is -1.58. The van der Waals surface area contributed by atoms with Crippen LogP contribution in [0.15, 0.2) is 6.20 Å². The topological polar surface area (TPSA) is 71.5 Å². The van der Waals surface area contributed by atoms with E-state index in [1.165, 1.54) is 18.4 Å². The lowest BCUT2D eigenvalue weighted by Gasteiger charge is -1.96. The summed E-state index contributed by atoms with van der Waals surface area (Å²) in [7, 11) is 1.28. The largest absolute Gasteiger partial charge is 0.453 e. The molecule has 0 saturated carbocycles. The summed E-state index contributed by atoms with van der Waals surface area (Å²) in [5.74, 6) is 5.57. The van der Waals surface area contributed by atoms with Crippen molar-refractivity contribution in [3.63, 3.8) is 0 Å². The third-order valence-electron chi connectivity index (χ3n) is 1.35. The Morgan fingerprint density at radius 2 is 2.60 bits per heavy atom. The van der Waals surface area contributed by atoms with Crippen LogP contribution in [0, 0.1) is 11.8 Å². The van der Waals surface area contributed by atoms with E-state index in [1.54, 1.807) is 6.20 Å². The summed E-state index contributed by atoms with van der Waals surface area (Å²) < 4.78 is 4.41. The second-order valence-corrected chi connectivity index (χ2v) is 3.45. The van der Waals surface area contributed by atoms with Crippen molar-refractivity contribution in [2.75, 3.05) is 19.0 Å². The number of nitrogens with zero attached hydrogens (tertiary/aromatic N) is 1. The van der Waals surface area contributed by atoms with Crippen LogP contribution in [0.4, 0.5) is 9.93 Å². The number of nitrogens with one attached hydrogen (secondary N) is 1. The maximum absolute atomic E-state index is 10.8. The molecule has 0 fully saturated rings. The van der Waals surface area contributed by atoms with Gasteiger partial charge in [0, 0.05) is 6.42 Å². The molecule has 15 heavy (non-hydrogen) atoms. The molecule has 5 nitrogen and oxygen atoms in total. The van der Waals surface area contributed by atoms with Crippen molar-refractivity contribution in [3.05, 3.63) is 11.1 Å². The molecule has 0 aliphatic rings. The highest BCUT2D eigenvalue weighted by molar-refractivity contribution is 7.16. The van der Waals surface area contributed by atoms with Crippen LogP contribution in [0.25, 0.3) is 0 Å². The average Bonchev–Trinajstić information content (AvgIpc) is 2.66. The fourth-order valence-electron chi connectivity index (χ4n) is 0.734. The van der Waals surface area contributed by atoms with E-state index < -0.39 is 6.09 Å². The molecule has 0 spiro atoms. The molecular formula is C9H10N2O3S. The summed E-state index contributed by atoms with van der Waals surface area (Å²) >= 11 is 1.25. The molecule has 0 aliphatic carbocycles. The molecule has 1 rings (SSSR count). The maximum atomic E-state index is 10.8. The fraction of sp³-hybridized carbons (Fsp3) is 0.333. The van der Waals surface area contributed by atoms with Crippen molar-refractivity contribution in [2.24, 2.45) is 0 Å². The van der Waals surface area contributed by atoms with Gasteiger partial charge in [0.1, 0.15) is 0 Å². The van der Waals surface area contributed by atoms with Gasteiger partial charge in [-0.1, -0.05) is 23.2 Å². The van der Waals surface area contributed by atoms with Crippen LogP contribution in [0.5, 0.6) is 0 Å². The summed E-state index contributed by atoms with van der Waals surface area (Å²) in [6.07, 6.45) is 1.43. The lowest BCUT2D eigenvalue weighted by atomic mass is 10.4. The van der Waals surface area contributed by atoms with Crippen LogP contribution in [-0.2, 0) is 4.74 Å². The first-order chi connectivity index (χ1) is 7.26. The van der Waals surface area contributed by atoms with Gasteiger partial charge in [-0.2, -0.15) is 0 Å². The van der Waals surface area contributed by atoms with Crippen LogP contribution in [0.3, 0.4) is 0 Å². The zero-order valence-electron chi connectivity index (χ0n) is 8.11. The van der Waals surface area contributed by atoms with Crippen molar-refractivity contribution < 1.29 is 14.6 Å². The number of aliphatic hydroxyl groups excluding tert-OH is 1.